The number of hydrogen-bond acceptors (Lipinski definition) is 9. The van der Waals surface area contributed by atoms with Crippen molar-refractivity contribution in [3.8, 4) is 11.4 Å². The van der Waals surface area contributed by atoms with E-state index in [0.29, 0.717) is 66.9 Å². The Morgan fingerprint density at radius 3 is 2.56 bits per heavy atom. The van der Waals surface area contributed by atoms with Crippen LogP contribution in [0.3, 0.4) is 0 Å². The van der Waals surface area contributed by atoms with Crippen molar-refractivity contribution in [1.29, 1.82) is 0 Å². The number of carbonyl (C=O) groups is 1. The van der Waals surface area contributed by atoms with Gasteiger partial charge in [0.1, 0.15) is 10.6 Å². The summed E-state index contributed by atoms with van der Waals surface area (Å²) in [7, 11) is -1.76. The molecule has 1 saturated carbocycles. The highest BCUT2D eigenvalue weighted by atomic mass is 32.2. The Labute approximate surface area is 227 Å². The van der Waals surface area contributed by atoms with E-state index in [2.05, 4.69) is 20.6 Å². The van der Waals surface area contributed by atoms with Gasteiger partial charge in [-0.2, -0.15) is 5.10 Å². The molecule has 3 heterocycles. The average molecular weight is 556 g/mol. The fourth-order valence-electron chi connectivity index (χ4n) is 4.78. The predicted molar refractivity (Wildman–Crippen MR) is 147 cm³/mol. The molecular formula is C26H33N7O5S. The number of sulfone groups is 1. The molecule has 0 bridgehead atoms. The first-order chi connectivity index (χ1) is 18.7. The predicted octanol–water partition coefficient (Wildman–Crippen LogP) is 2.53. The van der Waals surface area contributed by atoms with Crippen LogP contribution in [-0.4, -0.2) is 77.5 Å². The van der Waals surface area contributed by atoms with Gasteiger partial charge in [0.15, 0.2) is 15.7 Å². The van der Waals surface area contributed by atoms with E-state index in [9.17, 15) is 18.3 Å². The van der Waals surface area contributed by atoms with Gasteiger partial charge in [-0.05, 0) is 50.5 Å². The zero-order valence-corrected chi connectivity index (χ0v) is 22.8. The van der Waals surface area contributed by atoms with Crippen molar-refractivity contribution in [2.75, 3.05) is 47.7 Å². The minimum absolute atomic E-state index is 0.0698. The van der Waals surface area contributed by atoms with Crippen molar-refractivity contribution >= 4 is 33.1 Å². The molecule has 5 rings (SSSR count). The average Bonchev–Trinajstić information content (AvgIpc) is 3.65. The number of rotatable bonds is 9. The number of aryl methyl sites for hydroxylation is 1. The molecule has 0 radical (unpaired) electrons. The fraction of sp³-hybridized carbons (Fsp3) is 0.462. The molecular weight excluding hydrogens is 522 g/mol. The molecule has 0 spiro atoms. The van der Waals surface area contributed by atoms with Crippen molar-refractivity contribution in [2.24, 2.45) is 7.05 Å². The molecule has 1 aliphatic carbocycles. The first-order valence-corrected chi connectivity index (χ1v) is 14.6. The largest absolute Gasteiger partial charge is 0.396 e. The fourth-order valence-corrected chi connectivity index (χ4v) is 6.83. The second kappa shape index (κ2) is 10.9. The summed E-state index contributed by atoms with van der Waals surface area (Å²) in [4.78, 5) is 24.1. The first kappa shape index (κ1) is 27.0. The maximum Gasteiger partial charge on any atom is 0.323 e. The van der Waals surface area contributed by atoms with Gasteiger partial charge in [-0.25, -0.2) is 23.2 Å². The zero-order chi connectivity index (χ0) is 27.6. The molecule has 3 aromatic rings. The summed E-state index contributed by atoms with van der Waals surface area (Å²) in [6, 6.07) is 8.55. The van der Waals surface area contributed by atoms with Crippen molar-refractivity contribution in [2.45, 2.75) is 37.0 Å². The van der Waals surface area contributed by atoms with Crippen molar-refractivity contribution in [3.63, 3.8) is 0 Å². The van der Waals surface area contributed by atoms with E-state index in [-0.39, 0.29) is 24.8 Å². The summed E-state index contributed by atoms with van der Waals surface area (Å²) >= 11 is 0. The van der Waals surface area contributed by atoms with Crippen molar-refractivity contribution in [1.82, 2.24) is 19.7 Å². The van der Waals surface area contributed by atoms with Crippen LogP contribution in [0.15, 0.2) is 42.7 Å². The minimum atomic E-state index is -3.52. The highest BCUT2D eigenvalue weighted by Gasteiger charge is 2.56. The van der Waals surface area contributed by atoms with E-state index in [4.69, 9.17) is 14.7 Å². The summed E-state index contributed by atoms with van der Waals surface area (Å²) in [6.07, 6.45) is 4.42. The molecule has 13 heteroatoms. The third-order valence-electron chi connectivity index (χ3n) is 7.08. The van der Waals surface area contributed by atoms with Gasteiger partial charge in [0, 0.05) is 43.7 Å². The number of aliphatic hydroxyl groups is 1. The third kappa shape index (κ3) is 5.75. The minimum Gasteiger partial charge on any atom is -0.396 e. The number of nitrogens with one attached hydrogen (secondary N) is 2. The zero-order valence-electron chi connectivity index (χ0n) is 22.0. The van der Waals surface area contributed by atoms with Crippen LogP contribution in [0.2, 0.25) is 0 Å². The third-order valence-corrected chi connectivity index (χ3v) is 9.71. The van der Waals surface area contributed by atoms with E-state index in [0.717, 1.165) is 0 Å². The SMILES string of the molecule is C[C@H]1COCCN1c1cc(C2(S(=O)(=O)CCCO)CC2)nc(-c2ccc(NC(=O)Nc3cnn(C)c3)cc2)n1. The standard InChI is InChI=1S/C26H33N7O5S/c1-18-17-38-12-10-33(18)23-14-22(26(8-9-26)39(36,37)13-3-11-34)30-24(31-23)19-4-6-20(7-5-19)28-25(35)29-21-15-27-32(2)16-21/h4-7,14-16,18,34H,3,8-13,17H2,1-2H3,(H2,28,29,35)/t18-/m0/s1. The van der Waals surface area contributed by atoms with E-state index >= 15 is 0 Å². The van der Waals surface area contributed by atoms with E-state index in [1.807, 2.05) is 6.92 Å². The van der Waals surface area contributed by atoms with Crippen molar-refractivity contribution < 1.29 is 23.1 Å². The maximum absolute atomic E-state index is 13.3. The Bertz CT molecular complexity index is 1440. The first-order valence-electron chi connectivity index (χ1n) is 12.9. The second-order valence-corrected chi connectivity index (χ2v) is 12.4. The van der Waals surface area contributed by atoms with Crippen LogP contribution in [0.1, 0.15) is 31.9 Å². The molecule has 2 fully saturated rings. The number of benzene rings is 1. The summed E-state index contributed by atoms with van der Waals surface area (Å²) in [5, 5.41) is 18.8. The summed E-state index contributed by atoms with van der Waals surface area (Å²) in [5.74, 6) is 0.983. The Hall–Kier alpha value is -3.55. The molecule has 12 nitrogen and oxygen atoms in total. The number of amides is 2. The molecule has 0 unspecified atom stereocenters. The van der Waals surface area contributed by atoms with Crippen LogP contribution in [0, 0.1) is 0 Å². The number of ether oxygens (including phenoxy) is 1. The molecule has 1 saturated heterocycles. The lowest BCUT2D eigenvalue weighted by atomic mass is 10.1. The van der Waals surface area contributed by atoms with Crippen LogP contribution in [-0.2, 0) is 26.4 Å². The number of hydrogen-bond donors (Lipinski definition) is 3. The van der Waals surface area contributed by atoms with Gasteiger partial charge in [0.2, 0.25) is 0 Å². The van der Waals surface area contributed by atoms with Crippen LogP contribution in [0.25, 0.3) is 11.4 Å². The number of aromatic nitrogens is 4. The quantitative estimate of drug-likeness (QED) is 0.362. The molecule has 208 valence electrons. The van der Waals surface area contributed by atoms with Gasteiger partial charge in [-0.1, -0.05) is 0 Å². The molecule has 3 N–H and O–H groups in total. The normalized spacial score (nSPS) is 18.5. The van der Waals surface area contributed by atoms with Gasteiger partial charge >= 0.3 is 6.03 Å². The highest BCUT2D eigenvalue weighted by Crippen LogP contribution is 2.53. The topological polar surface area (TPSA) is 152 Å². The molecule has 2 amide bonds. The number of nitrogens with zero attached hydrogens (tertiary/aromatic N) is 5. The molecule has 2 aliphatic rings. The van der Waals surface area contributed by atoms with E-state index in [1.165, 1.54) is 0 Å². The van der Waals surface area contributed by atoms with E-state index in [1.54, 1.807) is 54.5 Å². The Morgan fingerprint density at radius 1 is 1.18 bits per heavy atom. The van der Waals surface area contributed by atoms with Crippen molar-refractivity contribution in [3.05, 3.63) is 48.4 Å². The van der Waals surface area contributed by atoms with Gasteiger partial charge in [-0.15, -0.1) is 0 Å². The Balaban J connectivity index is 1.44. The lowest BCUT2D eigenvalue weighted by Gasteiger charge is -2.34. The van der Waals surface area contributed by atoms with Crippen LogP contribution < -0.4 is 15.5 Å². The number of urea groups is 1. The molecule has 1 aromatic carbocycles. The molecule has 2 aromatic heterocycles. The number of anilines is 3. The van der Waals surface area contributed by atoms with Gasteiger partial charge in [0.25, 0.3) is 0 Å². The summed E-state index contributed by atoms with van der Waals surface area (Å²) in [6.45, 7) is 3.61. The summed E-state index contributed by atoms with van der Waals surface area (Å²) in [5.41, 5.74) is 2.33. The lowest BCUT2D eigenvalue weighted by Crippen LogP contribution is -2.44. The maximum atomic E-state index is 13.3. The highest BCUT2D eigenvalue weighted by molar-refractivity contribution is 7.92. The molecule has 39 heavy (non-hydrogen) atoms. The van der Waals surface area contributed by atoms with E-state index < -0.39 is 20.6 Å². The van der Waals surface area contributed by atoms with Crippen LogP contribution >= 0.6 is 0 Å². The van der Waals surface area contributed by atoms with Crippen LogP contribution in [0.4, 0.5) is 22.0 Å². The smallest absolute Gasteiger partial charge is 0.323 e. The summed E-state index contributed by atoms with van der Waals surface area (Å²) < 4.78 is 32.7. The molecule has 1 aliphatic heterocycles. The van der Waals surface area contributed by atoms with Gasteiger partial charge in [0.05, 0.1) is 42.6 Å². The van der Waals surface area contributed by atoms with Crippen LogP contribution in [0.5, 0.6) is 0 Å². The Kier molecular flexibility index (Phi) is 7.56. The number of carbonyl (C=O) groups excluding carboxylic acids is 1. The number of morpholine rings is 1. The lowest BCUT2D eigenvalue weighted by molar-refractivity contribution is 0.0985. The Morgan fingerprint density at radius 2 is 1.92 bits per heavy atom. The van der Waals surface area contributed by atoms with Gasteiger partial charge in [-0.3, -0.25) is 4.68 Å². The second-order valence-electron chi connectivity index (χ2n) is 10.0. The monoisotopic (exact) mass is 555 g/mol. The molecule has 1 atom stereocenters. The number of aliphatic hydroxyl groups excluding tert-OH is 1. The van der Waals surface area contributed by atoms with Gasteiger partial charge < -0.3 is 25.4 Å².